The van der Waals surface area contributed by atoms with Gasteiger partial charge >= 0.3 is 6.68 Å². The zero-order chi connectivity index (χ0) is 22.9. The molecule has 1 aliphatic carbocycles. The Labute approximate surface area is 189 Å². The first-order valence-electron chi connectivity index (χ1n) is 10.6. The summed E-state index contributed by atoms with van der Waals surface area (Å²) in [5.74, 6) is 0.665. The van der Waals surface area contributed by atoms with E-state index in [9.17, 15) is 18.0 Å². The van der Waals surface area contributed by atoms with Gasteiger partial charge in [-0.3, -0.25) is 9.78 Å². The Bertz CT molecular complexity index is 891. The maximum Gasteiger partial charge on any atom is 0.379 e. The molecular weight excluding hydrogens is 441 g/mol. The molecule has 7 nitrogen and oxygen atoms in total. The van der Waals surface area contributed by atoms with Gasteiger partial charge in [0, 0.05) is 30.2 Å². The number of anilines is 2. The van der Waals surface area contributed by atoms with E-state index in [2.05, 4.69) is 29.9 Å². The summed E-state index contributed by atoms with van der Waals surface area (Å²) in [7, 11) is 0. The summed E-state index contributed by atoms with van der Waals surface area (Å²) < 4.78 is 32.3. The number of carbonyl (C=O) groups excluding carboxylic acids is 1. The molecule has 1 amide bonds. The summed E-state index contributed by atoms with van der Waals surface area (Å²) in [5.41, 5.74) is 2.97. The Morgan fingerprint density at radius 3 is 2.59 bits per heavy atom. The number of amides is 1. The van der Waals surface area contributed by atoms with E-state index in [1.807, 2.05) is 19.1 Å². The number of nitrogens with zero attached hydrogens (tertiary/aromatic N) is 4. The molecule has 1 saturated heterocycles. The molecule has 174 valence electrons. The molecule has 0 aromatic carbocycles. The van der Waals surface area contributed by atoms with Crippen molar-refractivity contribution in [3.8, 4) is 0 Å². The second-order valence-corrected chi connectivity index (χ2v) is 8.70. The van der Waals surface area contributed by atoms with Crippen LogP contribution in [0, 0.1) is 6.92 Å². The minimum atomic E-state index is -3.67. The molecule has 0 unspecified atom stereocenters. The van der Waals surface area contributed by atoms with E-state index in [0.29, 0.717) is 12.2 Å². The second kappa shape index (κ2) is 11.9. The standard InChI is InChI=1S/C20H26N6OS.CHF3/c1-14-19(26-9-3-2-4-10-26)22-13-18(24-14)20(27)23-12-16-11-15(7-8-21-16)25-28-17-5-6-17;2-1(3)4/h7-8,11,13,17H,2-6,9-10,12H2,1H3,(H,21,25)(H,23,27);1H. The Morgan fingerprint density at radius 2 is 1.94 bits per heavy atom. The van der Waals surface area contributed by atoms with Gasteiger partial charge < -0.3 is 14.9 Å². The summed E-state index contributed by atoms with van der Waals surface area (Å²) in [6, 6.07) is 3.90. The van der Waals surface area contributed by atoms with Crippen LogP contribution in [0.1, 0.15) is 54.0 Å². The van der Waals surface area contributed by atoms with Gasteiger partial charge in [-0.15, -0.1) is 0 Å². The lowest BCUT2D eigenvalue weighted by molar-refractivity contribution is 0.00818. The maximum absolute atomic E-state index is 12.5. The smallest absolute Gasteiger partial charge is 0.355 e. The molecule has 2 aliphatic rings. The Morgan fingerprint density at radius 1 is 1.22 bits per heavy atom. The molecule has 11 heteroatoms. The van der Waals surface area contributed by atoms with Gasteiger partial charge in [0.2, 0.25) is 0 Å². The number of nitrogens with one attached hydrogen (secondary N) is 2. The third-order valence-corrected chi connectivity index (χ3v) is 6.08. The minimum Gasteiger partial charge on any atom is -0.355 e. The van der Waals surface area contributed by atoms with Crippen LogP contribution in [0.25, 0.3) is 0 Å². The fourth-order valence-electron chi connectivity index (χ4n) is 3.24. The van der Waals surface area contributed by atoms with Crippen molar-refractivity contribution >= 4 is 29.4 Å². The van der Waals surface area contributed by atoms with E-state index in [1.165, 1.54) is 32.1 Å². The van der Waals surface area contributed by atoms with Gasteiger partial charge in [-0.05, 0) is 63.1 Å². The summed E-state index contributed by atoms with van der Waals surface area (Å²) in [6.07, 6.45) is 9.53. The van der Waals surface area contributed by atoms with E-state index in [4.69, 9.17) is 0 Å². The van der Waals surface area contributed by atoms with Crippen LogP contribution < -0.4 is 14.9 Å². The van der Waals surface area contributed by atoms with Crippen LogP contribution in [-0.2, 0) is 6.54 Å². The molecule has 4 rings (SSSR count). The van der Waals surface area contributed by atoms with Crippen molar-refractivity contribution in [1.82, 2.24) is 20.3 Å². The molecule has 2 fully saturated rings. The maximum atomic E-state index is 12.5. The summed E-state index contributed by atoms with van der Waals surface area (Å²) in [5, 5.41) is 3.62. The van der Waals surface area contributed by atoms with Crippen molar-refractivity contribution in [1.29, 1.82) is 0 Å². The van der Waals surface area contributed by atoms with Gasteiger partial charge in [0.1, 0.15) is 11.5 Å². The first-order valence-corrected chi connectivity index (χ1v) is 11.5. The van der Waals surface area contributed by atoms with Crippen molar-refractivity contribution in [3.05, 3.63) is 41.6 Å². The highest BCUT2D eigenvalue weighted by Crippen LogP contribution is 2.34. The van der Waals surface area contributed by atoms with Crippen LogP contribution in [0.15, 0.2) is 24.5 Å². The van der Waals surface area contributed by atoms with Crippen LogP contribution in [0.3, 0.4) is 0 Å². The molecule has 0 spiro atoms. The predicted octanol–water partition coefficient (Wildman–Crippen LogP) is 4.50. The van der Waals surface area contributed by atoms with Crippen LogP contribution in [0.2, 0.25) is 0 Å². The van der Waals surface area contributed by atoms with Crippen molar-refractivity contribution < 1.29 is 18.0 Å². The van der Waals surface area contributed by atoms with Gasteiger partial charge in [0.05, 0.1) is 24.1 Å². The highest BCUT2D eigenvalue weighted by molar-refractivity contribution is 8.01. The monoisotopic (exact) mass is 468 g/mol. The van der Waals surface area contributed by atoms with Gasteiger partial charge in [0.25, 0.3) is 5.91 Å². The lowest BCUT2D eigenvalue weighted by Crippen LogP contribution is -2.31. The molecule has 1 saturated carbocycles. The van der Waals surface area contributed by atoms with Crippen LogP contribution >= 0.6 is 11.9 Å². The molecule has 3 heterocycles. The average Bonchev–Trinajstić information content (AvgIpc) is 3.61. The first-order chi connectivity index (χ1) is 15.4. The van der Waals surface area contributed by atoms with Crippen LogP contribution in [0.5, 0.6) is 0 Å². The van der Waals surface area contributed by atoms with E-state index in [0.717, 1.165) is 41.2 Å². The molecule has 2 aromatic heterocycles. The Kier molecular flexibility index (Phi) is 8.95. The van der Waals surface area contributed by atoms with E-state index < -0.39 is 6.68 Å². The van der Waals surface area contributed by atoms with E-state index in [-0.39, 0.29) is 5.91 Å². The highest BCUT2D eigenvalue weighted by Gasteiger charge is 2.22. The van der Waals surface area contributed by atoms with Crippen LogP contribution in [0.4, 0.5) is 24.7 Å². The molecule has 0 atom stereocenters. The minimum absolute atomic E-state index is 0.228. The number of hydrogen-bond donors (Lipinski definition) is 2. The molecule has 2 aromatic rings. The normalized spacial score (nSPS) is 15.7. The van der Waals surface area contributed by atoms with E-state index >= 15 is 0 Å². The van der Waals surface area contributed by atoms with Crippen molar-refractivity contribution in [3.63, 3.8) is 0 Å². The molecule has 0 radical (unpaired) electrons. The number of alkyl halides is 3. The lowest BCUT2D eigenvalue weighted by atomic mass is 10.1. The summed E-state index contributed by atoms with van der Waals surface area (Å²) in [6.45, 7) is 0.630. The number of halogens is 3. The number of carbonyl (C=O) groups is 1. The number of aryl methyl sites for hydroxylation is 1. The fraction of sp³-hybridized carbons (Fsp3) is 0.524. The second-order valence-electron chi connectivity index (χ2n) is 7.60. The van der Waals surface area contributed by atoms with Gasteiger partial charge in [-0.2, -0.15) is 13.2 Å². The molecule has 0 bridgehead atoms. The Hall–Kier alpha value is -2.56. The third kappa shape index (κ3) is 7.85. The number of piperidine rings is 1. The predicted molar refractivity (Wildman–Crippen MR) is 120 cm³/mol. The lowest BCUT2D eigenvalue weighted by Gasteiger charge is -2.28. The number of hydrogen-bond acceptors (Lipinski definition) is 7. The third-order valence-electron chi connectivity index (χ3n) is 4.92. The number of aromatic nitrogens is 3. The fourth-order valence-corrected chi connectivity index (χ4v) is 4.04. The van der Waals surface area contributed by atoms with Gasteiger partial charge in [0.15, 0.2) is 0 Å². The number of pyridine rings is 1. The molecule has 2 N–H and O–H groups in total. The molecule has 1 aliphatic heterocycles. The zero-order valence-corrected chi connectivity index (χ0v) is 18.7. The molecule has 32 heavy (non-hydrogen) atoms. The quantitative estimate of drug-likeness (QED) is 0.579. The van der Waals surface area contributed by atoms with Gasteiger partial charge in [-0.25, -0.2) is 9.97 Å². The SMILES string of the molecule is Cc1nc(C(=O)NCc2cc(NSC3CC3)ccn2)cnc1N1CCCCC1.FC(F)F. The van der Waals surface area contributed by atoms with E-state index in [1.54, 1.807) is 24.3 Å². The van der Waals surface area contributed by atoms with Crippen molar-refractivity contribution in [2.45, 2.75) is 57.5 Å². The topological polar surface area (TPSA) is 83.0 Å². The zero-order valence-electron chi connectivity index (χ0n) is 17.9. The average molecular weight is 469 g/mol. The Balaban J connectivity index is 0.000000668. The van der Waals surface area contributed by atoms with Gasteiger partial charge in [-0.1, -0.05) is 0 Å². The summed E-state index contributed by atoms with van der Waals surface area (Å²) >= 11 is 1.75. The largest absolute Gasteiger partial charge is 0.379 e. The van der Waals surface area contributed by atoms with Crippen molar-refractivity contribution in [2.24, 2.45) is 0 Å². The number of rotatable bonds is 7. The highest BCUT2D eigenvalue weighted by atomic mass is 32.2. The summed E-state index contributed by atoms with van der Waals surface area (Å²) in [4.78, 5) is 28.1. The molecular formula is C21H27F3N6OS. The van der Waals surface area contributed by atoms with Crippen LogP contribution in [-0.4, -0.2) is 45.9 Å². The first kappa shape index (κ1) is 24.1. The van der Waals surface area contributed by atoms with Crippen molar-refractivity contribution in [2.75, 3.05) is 22.7 Å².